The van der Waals surface area contributed by atoms with Crippen LogP contribution in [-0.2, 0) is 9.58 Å². The maximum atomic E-state index is 12.5. The molecule has 0 saturated heterocycles. The van der Waals surface area contributed by atoms with Gasteiger partial charge in [-0.2, -0.15) is 0 Å². The molecule has 0 radical (unpaired) electrons. The third-order valence-corrected chi connectivity index (χ3v) is 7.28. The number of benzene rings is 3. The highest BCUT2D eigenvalue weighted by molar-refractivity contribution is 8.02. The molecule has 0 aliphatic rings. The number of amides is 1. The Morgan fingerprint density at radius 2 is 1.33 bits per heavy atom. The molecule has 150 valence electrons. The van der Waals surface area contributed by atoms with Gasteiger partial charge in [0.15, 0.2) is 5.69 Å². The lowest BCUT2D eigenvalue weighted by atomic mass is 9.84. The summed E-state index contributed by atoms with van der Waals surface area (Å²) in [5.41, 5.74) is 7.81. The summed E-state index contributed by atoms with van der Waals surface area (Å²) in [6.45, 7) is 0. The van der Waals surface area contributed by atoms with Crippen LogP contribution in [0.1, 0.15) is 27.2 Å². The van der Waals surface area contributed by atoms with Gasteiger partial charge in [-0.05, 0) is 16.7 Å². The van der Waals surface area contributed by atoms with Crippen LogP contribution in [0.15, 0.2) is 101 Å². The minimum absolute atomic E-state index is 0.357. The molecule has 1 aromatic heterocycles. The number of hydrogen-bond donors (Lipinski definition) is 1. The van der Waals surface area contributed by atoms with Gasteiger partial charge >= 0.3 is 0 Å². The molecule has 3 aromatic carbocycles. The second-order valence-electron chi connectivity index (χ2n) is 6.51. The fourth-order valence-corrected chi connectivity index (χ4v) is 5.92. The number of carbonyl (C=O) groups is 1. The highest BCUT2D eigenvalue weighted by Gasteiger charge is 2.39. The summed E-state index contributed by atoms with van der Waals surface area (Å²) in [6.07, 6.45) is 0. The van der Waals surface area contributed by atoms with Crippen molar-refractivity contribution >= 4 is 29.0 Å². The highest BCUT2D eigenvalue weighted by atomic mass is 32.2. The van der Waals surface area contributed by atoms with Crippen LogP contribution in [0, 0.1) is 0 Å². The van der Waals surface area contributed by atoms with Crippen molar-refractivity contribution in [3.05, 3.63) is 119 Å². The third kappa shape index (κ3) is 3.89. The number of thiazole rings is 1. The number of thioether (sulfide) groups is 1. The minimum Gasteiger partial charge on any atom is -0.277 e. The zero-order chi connectivity index (χ0) is 20.8. The molecule has 0 atom stereocenters. The Morgan fingerprint density at radius 1 is 0.867 bits per heavy atom. The molecule has 1 heterocycles. The first-order chi connectivity index (χ1) is 14.8. The Bertz CT molecular complexity index is 1000. The van der Waals surface area contributed by atoms with Crippen LogP contribution in [0.3, 0.4) is 0 Å². The van der Waals surface area contributed by atoms with Crippen molar-refractivity contribution in [2.45, 2.75) is 8.96 Å². The smallest absolute Gasteiger partial charge is 0.277 e. The summed E-state index contributed by atoms with van der Waals surface area (Å²) in [4.78, 5) is 21.6. The highest BCUT2D eigenvalue weighted by Crippen LogP contribution is 2.53. The Balaban J connectivity index is 1.95. The van der Waals surface area contributed by atoms with Crippen molar-refractivity contribution in [2.75, 3.05) is 7.11 Å². The molecule has 6 heteroatoms. The standard InChI is InChI=1S/C24H20N2O2S2/c1-28-26-22(27)21-23(29-17-25-21)30-24(18-11-5-2-6-12-18,19-13-7-3-8-14-19)20-15-9-4-10-16-20/h2-17H,1H3,(H,26,27). The van der Waals surface area contributed by atoms with E-state index in [0.717, 1.165) is 20.9 Å². The van der Waals surface area contributed by atoms with Crippen molar-refractivity contribution in [1.29, 1.82) is 0 Å². The summed E-state index contributed by atoms with van der Waals surface area (Å²) in [5, 5.41) is 0. The van der Waals surface area contributed by atoms with Crippen LogP contribution in [0.4, 0.5) is 0 Å². The van der Waals surface area contributed by atoms with Crippen LogP contribution in [0.5, 0.6) is 0 Å². The van der Waals surface area contributed by atoms with Crippen molar-refractivity contribution in [2.24, 2.45) is 0 Å². The molecule has 1 amide bonds. The maximum absolute atomic E-state index is 12.5. The molecular formula is C24H20N2O2S2. The van der Waals surface area contributed by atoms with E-state index in [0.29, 0.717) is 5.69 Å². The van der Waals surface area contributed by atoms with E-state index in [1.807, 2.05) is 54.6 Å². The van der Waals surface area contributed by atoms with E-state index in [1.165, 1.54) is 18.4 Å². The lowest BCUT2D eigenvalue weighted by molar-refractivity contribution is 0.0530. The predicted octanol–water partition coefficient (Wildman–Crippen LogP) is 5.52. The van der Waals surface area contributed by atoms with Crippen molar-refractivity contribution in [1.82, 2.24) is 10.5 Å². The Labute approximate surface area is 183 Å². The summed E-state index contributed by atoms with van der Waals surface area (Å²) in [6, 6.07) is 31.1. The van der Waals surface area contributed by atoms with Gasteiger partial charge in [0.1, 0.15) is 0 Å². The van der Waals surface area contributed by atoms with E-state index in [1.54, 1.807) is 17.3 Å². The average Bonchev–Trinajstić information content (AvgIpc) is 3.28. The number of aromatic nitrogens is 1. The lowest BCUT2D eigenvalue weighted by Crippen LogP contribution is -2.27. The fourth-order valence-electron chi connectivity index (χ4n) is 3.43. The number of hydrogen-bond acceptors (Lipinski definition) is 5. The topological polar surface area (TPSA) is 51.2 Å². The summed E-state index contributed by atoms with van der Waals surface area (Å²) in [7, 11) is 1.42. The largest absolute Gasteiger partial charge is 0.295 e. The van der Waals surface area contributed by atoms with Crippen LogP contribution in [0.25, 0.3) is 0 Å². The van der Waals surface area contributed by atoms with Gasteiger partial charge in [-0.1, -0.05) is 103 Å². The van der Waals surface area contributed by atoms with E-state index in [2.05, 4.69) is 46.9 Å². The van der Waals surface area contributed by atoms with Crippen LogP contribution < -0.4 is 5.48 Å². The van der Waals surface area contributed by atoms with E-state index in [-0.39, 0.29) is 5.91 Å². The zero-order valence-corrected chi connectivity index (χ0v) is 18.0. The van der Waals surface area contributed by atoms with Gasteiger partial charge in [0.2, 0.25) is 0 Å². The van der Waals surface area contributed by atoms with Gasteiger partial charge < -0.3 is 0 Å². The zero-order valence-electron chi connectivity index (χ0n) is 16.3. The molecule has 30 heavy (non-hydrogen) atoms. The molecular weight excluding hydrogens is 412 g/mol. The van der Waals surface area contributed by atoms with Crippen LogP contribution >= 0.6 is 23.1 Å². The van der Waals surface area contributed by atoms with Crippen LogP contribution in [-0.4, -0.2) is 18.0 Å². The van der Waals surface area contributed by atoms with E-state index in [4.69, 9.17) is 4.84 Å². The Hall–Kier alpha value is -2.93. The first kappa shape index (κ1) is 20.3. The molecule has 0 saturated carbocycles. The average molecular weight is 433 g/mol. The summed E-state index contributed by atoms with van der Waals surface area (Å²) in [5.74, 6) is -0.357. The van der Waals surface area contributed by atoms with E-state index in [9.17, 15) is 4.79 Å². The third-order valence-electron chi connectivity index (χ3n) is 4.73. The van der Waals surface area contributed by atoms with E-state index >= 15 is 0 Å². The predicted molar refractivity (Wildman–Crippen MR) is 122 cm³/mol. The van der Waals surface area contributed by atoms with Crippen molar-refractivity contribution in [3.63, 3.8) is 0 Å². The second kappa shape index (κ2) is 9.26. The molecule has 0 spiro atoms. The lowest BCUT2D eigenvalue weighted by Gasteiger charge is -2.35. The number of hydroxylamine groups is 1. The molecule has 0 unspecified atom stereocenters. The number of carbonyl (C=O) groups excluding carboxylic acids is 1. The molecule has 0 bridgehead atoms. The quantitative estimate of drug-likeness (QED) is 0.237. The molecule has 4 aromatic rings. The van der Waals surface area contributed by atoms with Gasteiger partial charge in [-0.15, -0.1) is 11.3 Å². The molecule has 0 fully saturated rings. The molecule has 4 rings (SSSR count). The maximum Gasteiger partial charge on any atom is 0.295 e. The second-order valence-corrected chi connectivity index (χ2v) is 8.84. The first-order valence-corrected chi connectivity index (χ1v) is 11.1. The molecule has 0 aliphatic carbocycles. The SMILES string of the molecule is CONC(=O)c1ncsc1SC(c1ccccc1)(c1ccccc1)c1ccccc1. The van der Waals surface area contributed by atoms with Gasteiger partial charge in [0.05, 0.1) is 21.6 Å². The summed E-state index contributed by atoms with van der Waals surface area (Å²) >= 11 is 3.07. The van der Waals surface area contributed by atoms with Crippen molar-refractivity contribution < 1.29 is 9.63 Å². The normalized spacial score (nSPS) is 11.2. The van der Waals surface area contributed by atoms with Gasteiger partial charge in [-0.25, -0.2) is 10.5 Å². The Kier molecular flexibility index (Phi) is 6.28. The molecule has 0 aliphatic heterocycles. The van der Waals surface area contributed by atoms with Crippen LogP contribution in [0.2, 0.25) is 0 Å². The first-order valence-electron chi connectivity index (χ1n) is 9.38. The molecule has 4 nitrogen and oxygen atoms in total. The Morgan fingerprint density at radius 3 is 1.77 bits per heavy atom. The monoisotopic (exact) mass is 432 g/mol. The van der Waals surface area contributed by atoms with Gasteiger partial charge in [0, 0.05) is 0 Å². The van der Waals surface area contributed by atoms with Gasteiger partial charge in [0.25, 0.3) is 5.91 Å². The van der Waals surface area contributed by atoms with Gasteiger partial charge in [-0.3, -0.25) is 9.63 Å². The fraction of sp³-hybridized carbons (Fsp3) is 0.0833. The molecule has 1 N–H and O–H groups in total. The summed E-state index contributed by atoms with van der Waals surface area (Å²) < 4.78 is 0.263. The number of nitrogens with zero attached hydrogens (tertiary/aromatic N) is 1. The minimum atomic E-state index is -0.557. The van der Waals surface area contributed by atoms with Crippen molar-refractivity contribution in [3.8, 4) is 0 Å². The number of rotatable bonds is 7. The number of nitrogens with one attached hydrogen (secondary N) is 1. The van der Waals surface area contributed by atoms with E-state index < -0.39 is 4.75 Å².